The number of benzene rings is 1. The number of hydrogen-bond acceptors (Lipinski definition) is 5. The van der Waals surface area contributed by atoms with E-state index in [2.05, 4.69) is 16.4 Å². The Kier molecular flexibility index (Phi) is 3.70. The molecule has 4 nitrogen and oxygen atoms in total. The van der Waals surface area contributed by atoms with Crippen molar-refractivity contribution in [2.45, 2.75) is 13.5 Å². The Morgan fingerprint density at radius 3 is 2.94 bits per heavy atom. The van der Waals surface area contributed by atoms with Gasteiger partial charge in [-0.3, -0.25) is 0 Å². The molecule has 0 aliphatic carbocycles. The van der Waals surface area contributed by atoms with Gasteiger partial charge in [-0.2, -0.15) is 5.26 Å². The van der Waals surface area contributed by atoms with Gasteiger partial charge in [0, 0.05) is 16.6 Å². The minimum Gasteiger partial charge on any atom is -0.508 e. The lowest BCUT2D eigenvalue weighted by Gasteiger charge is -2.11. The second-order valence-corrected chi connectivity index (χ2v) is 5.37. The fourth-order valence-corrected chi connectivity index (χ4v) is 2.48. The molecule has 0 aliphatic heterocycles. The SMILES string of the molecule is Cc1c(O)ccc(C#N)c1NCc1cnc(Cl)s1. The lowest BCUT2D eigenvalue weighted by atomic mass is 10.1. The van der Waals surface area contributed by atoms with Gasteiger partial charge in [0.1, 0.15) is 11.8 Å². The number of aromatic hydroxyl groups is 1. The van der Waals surface area contributed by atoms with E-state index in [4.69, 9.17) is 16.9 Å². The van der Waals surface area contributed by atoms with Crippen molar-refractivity contribution in [3.63, 3.8) is 0 Å². The summed E-state index contributed by atoms with van der Waals surface area (Å²) in [6, 6.07) is 5.20. The average Bonchev–Trinajstić information content (AvgIpc) is 2.77. The number of anilines is 1. The van der Waals surface area contributed by atoms with E-state index in [9.17, 15) is 5.11 Å². The molecule has 2 rings (SSSR count). The smallest absolute Gasteiger partial charge is 0.183 e. The second kappa shape index (κ2) is 5.25. The number of nitrogens with one attached hydrogen (secondary N) is 1. The monoisotopic (exact) mass is 279 g/mol. The van der Waals surface area contributed by atoms with Crippen LogP contribution >= 0.6 is 22.9 Å². The summed E-state index contributed by atoms with van der Waals surface area (Å²) in [5, 5.41) is 21.8. The first kappa shape index (κ1) is 12.7. The Morgan fingerprint density at radius 1 is 1.56 bits per heavy atom. The largest absolute Gasteiger partial charge is 0.508 e. The van der Waals surface area contributed by atoms with Crippen LogP contribution in [0.1, 0.15) is 16.0 Å². The maximum atomic E-state index is 9.64. The van der Waals surface area contributed by atoms with Crippen molar-refractivity contribution in [2.75, 3.05) is 5.32 Å². The van der Waals surface area contributed by atoms with Gasteiger partial charge in [-0.15, -0.1) is 11.3 Å². The van der Waals surface area contributed by atoms with E-state index >= 15 is 0 Å². The first-order valence-electron chi connectivity index (χ1n) is 5.18. The number of halogens is 1. The number of thiazole rings is 1. The highest BCUT2D eigenvalue weighted by Crippen LogP contribution is 2.29. The fraction of sp³-hybridized carbons (Fsp3) is 0.167. The third-order valence-corrected chi connectivity index (χ3v) is 3.64. The van der Waals surface area contributed by atoms with Crippen LogP contribution in [0.5, 0.6) is 5.75 Å². The second-order valence-electron chi connectivity index (χ2n) is 3.68. The Labute approximate surface area is 113 Å². The Hall–Kier alpha value is -1.77. The predicted molar refractivity (Wildman–Crippen MR) is 72.0 cm³/mol. The molecule has 0 spiro atoms. The standard InChI is InChI=1S/C12H10ClN3OS/c1-7-10(17)3-2-8(4-14)11(7)15-5-9-6-16-12(13)18-9/h2-3,6,15,17H,5H2,1H3. The summed E-state index contributed by atoms with van der Waals surface area (Å²) in [6.45, 7) is 2.28. The fourth-order valence-electron chi connectivity index (χ4n) is 1.56. The van der Waals surface area contributed by atoms with Gasteiger partial charge in [0.05, 0.1) is 17.8 Å². The van der Waals surface area contributed by atoms with Gasteiger partial charge >= 0.3 is 0 Å². The minimum atomic E-state index is 0.166. The number of phenolic OH excluding ortho intramolecular Hbond substituents is 1. The molecule has 1 aromatic heterocycles. The third-order valence-electron chi connectivity index (χ3n) is 2.52. The highest BCUT2D eigenvalue weighted by atomic mass is 35.5. The Morgan fingerprint density at radius 2 is 2.33 bits per heavy atom. The van der Waals surface area contributed by atoms with E-state index < -0.39 is 0 Å². The quantitative estimate of drug-likeness (QED) is 0.904. The molecule has 1 heterocycles. The van der Waals surface area contributed by atoms with Crippen LogP contribution in [0, 0.1) is 18.3 Å². The zero-order valence-electron chi connectivity index (χ0n) is 9.57. The first-order valence-corrected chi connectivity index (χ1v) is 6.38. The molecule has 2 aromatic rings. The van der Waals surface area contributed by atoms with Crippen LogP contribution in [0.3, 0.4) is 0 Å². The Bertz CT molecular complexity index is 618. The van der Waals surface area contributed by atoms with E-state index in [1.165, 1.54) is 17.4 Å². The number of rotatable bonds is 3. The lowest BCUT2D eigenvalue weighted by molar-refractivity contribution is 0.471. The van der Waals surface area contributed by atoms with E-state index in [-0.39, 0.29) is 5.75 Å². The average molecular weight is 280 g/mol. The van der Waals surface area contributed by atoms with E-state index in [0.717, 1.165) is 4.88 Å². The topological polar surface area (TPSA) is 68.9 Å². The summed E-state index contributed by atoms with van der Waals surface area (Å²) in [4.78, 5) is 4.91. The van der Waals surface area contributed by atoms with Crippen molar-refractivity contribution in [1.82, 2.24) is 4.98 Å². The summed E-state index contributed by atoms with van der Waals surface area (Å²) in [7, 11) is 0. The van der Waals surface area contributed by atoms with Crippen molar-refractivity contribution in [3.8, 4) is 11.8 Å². The summed E-state index contributed by atoms with van der Waals surface area (Å²) in [5.74, 6) is 0.166. The molecule has 0 atom stereocenters. The molecule has 0 amide bonds. The highest BCUT2D eigenvalue weighted by molar-refractivity contribution is 7.15. The number of aromatic nitrogens is 1. The molecule has 0 unspecified atom stereocenters. The molecule has 0 fully saturated rings. The molecule has 0 bridgehead atoms. The van der Waals surface area contributed by atoms with Gasteiger partial charge in [0.15, 0.2) is 4.47 Å². The van der Waals surface area contributed by atoms with E-state index in [1.54, 1.807) is 19.2 Å². The number of nitrogens with zero attached hydrogens (tertiary/aromatic N) is 2. The van der Waals surface area contributed by atoms with Crippen LogP contribution in [-0.2, 0) is 6.54 Å². The number of nitriles is 1. The van der Waals surface area contributed by atoms with E-state index in [1.807, 2.05) is 0 Å². The van der Waals surface area contributed by atoms with Crippen molar-refractivity contribution in [1.29, 1.82) is 5.26 Å². The number of phenols is 1. The molecule has 0 aliphatic rings. The Balaban J connectivity index is 2.23. The molecule has 1 aromatic carbocycles. The number of hydrogen-bond donors (Lipinski definition) is 2. The summed E-state index contributed by atoms with van der Waals surface area (Å²) in [5.41, 5.74) is 1.80. The minimum absolute atomic E-state index is 0.166. The zero-order chi connectivity index (χ0) is 13.1. The molecule has 0 radical (unpaired) electrons. The van der Waals surface area contributed by atoms with Crippen molar-refractivity contribution >= 4 is 28.6 Å². The molecule has 92 valence electrons. The third kappa shape index (κ3) is 2.55. The molecule has 6 heteroatoms. The maximum Gasteiger partial charge on any atom is 0.183 e. The van der Waals surface area contributed by atoms with E-state index in [0.29, 0.717) is 27.8 Å². The van der Waals surface area contributed by atoms with Crippen LogP contribution in [0.25, 0.3) is 0 Å². The van der Waals surface area contributed by atoms with Crippen LogP contribution in [0.4, 0.5) is 5.69 Å². The van der Waals surface area contributed by atoms with Gasteiger partial charge in [0.2, 0.25) is 0 Å². The predicted octanol–water partition coefficient (Wildman–Crippen LogP) is 3.29. The molecular formula is C12H10ClN3OS. The lowest BCUT2D eigenvalue weighted by Crippen LogP contribution is -2.02. The molecule has 0 saturated carbocycles. The zero-order valence-corrected chi connectivity index (χ0v) is 11.1. The molecule has 18 heavy (non-hydrogen) atoms. The van der Waals surface area contributed by atoms with Crippen LogP contribution in [0.15, 0.2) is 18.3 Å². The normalized spacial score (nSPS) is 10.1. The maximum absolute atomic E-state index is 9.64. The summed E-state index contributed by atoms with van der Waals surface area (Å²) < 4.78 is 0.486. The molecule has 0 saturated heterocycles. The van der Waals surface area contributed by atoms with Crippen LogP contribution < -0.4 is 5.32 Å². The van der Waals surface area contributed by atoms with Gasteiger partial charge < -0.3 is 10.4 Å². The van der Waals surface area contributed by atoms with Gasteiger partial charge in [-0.05, 0) is 19.1 Å². The summed E-state index contributed by atoms with van der Waals surface area (Å²) in [6.07, 6.45) is 1.68. The summed E-state index contributed by atoms with van der Waals surface area (Å²) >= 11 is 7.12. The van der Waals surface area contributed by atoms with Gasteiger partial charge in [-0.1, -0.05) is 11.6 Å². The van der Waals surface area contributed by atoms with Gasteiger partial charge in [-0.25, -0.2) is 4.98 Å². The highest BCUT2D eigenvalue weighted by Gasteiger charge is 2.09. The van der Waals surface area contributed by atoms with Crippen molar-refractivity contribution in [2.24, 2.45) is 0 Å². The van der Waals surface area contributed by atoms with Gasteiger partial charge in [0.25, 0.3) is 0 Å². The first-order chi connectivity index (χ1) is 8.61. The van der Waals surface area contributed by atoms with Crippen LogP contribution in [-0.4, -0.2) is 10.1 Å². The molecular weight excluding hydrogens is 270 g/mol. The van der Waals surface area contributed by atoms with Crippen molar-refractivity contribution < 1.29 is 5.11 Å². The molecule has 2 N–H and O–H groups in total. The van der Waals surface area contributed by atoms with Crippen molar-refractivity contribution in [3.05, 3.63) is 38.8 Å². The van der Waals surface area contributed by atoms with Crippen LogP contribution in [0.2, 0.25) is 4.47 Å².